The van der Waals surface area contributed by atoms with Crippen LogP contribution >= 0.6 is 11.3 Å². The lowest BCUT2D eigenvalue weighted by atomic mass is 10.0. The molecule has 288 valence electrons. The molecular weight excluding hydrogens is 773 g/mol. The van der Waals surface area contributed by atoms with Crippen molar-refractivity contribution in [2.45, 2.75) is 0 Å². The number of hydrogen-bond acceptors (Lipinski definition) is 9. The zero-order chi connectivity index (χ0) is 40.3. The second-order valence-corrected chi connectivity index (χ2v) is 15.8. The number of hydrogen-bond donors (Lipinski definition) is 0. The molecule has 61 heavy (non-hydrogen) atoms. The summed E-state index contributed by atoms with van der Waals surface area (Å²) in [6.45, 7) is 0. The Labute approximate surface area is 352 Å². The van der Waals surface area contributed by atoms with Gasteiger partial charge in [-0.05, 0) is 144 Å². The fourth-order valence-corrected chi connectivity index (χ4v) is 9.23. The molecule has 0 saturated carbocycles. The quantitative estimate of drug-likeness (QED) is 0.150. The average molecular weight is 805 g/mol. The second-order valence-electron chi connectivity index (χ2n) is 14.7. The number of thiophene rings is 1. The van der Waals surface area contributed by atoms with Crippen LogP contribution in [0.25, 0.3) is 64.4 Å². The van der Waals surface area contributed by atoms with E-state index >= 15 is 0 Å². The van der Waals surface area contributed by atoms with Gasteiger partial charge >= 0.3 is 0 Å². The number of aromatic nitrogens is 8. The van der Waals surface area contributed by atoms with Gasteiger partial charge in [-0.25, -0.2) is 0 Å². The van der Waals surface area contributed by atoms with Crippen LogP contribution in [0.2, 0.25) is 0 Å². The number of anilines is 6. The maximum Gasteiger partial charge on any atom is 0.113 e. The first kappa shape index (κ1) is 34.7. The predicted octanol–water partition coefficient (Wildman–Crippen LogP) is 12.4. The van der Waals surface area contributed by atoms with Crippen LogP contribution in [0, 0.1) is 0 Å². The van der Waals surface area contributed by atoms with Gasteiger partial charge in [0, 0.05) is 55.3 Å². The number of nitrogens with zero attached hydrogens (tertiary/aromatic N) is 10. The van der Waals surface area contributed by atoms with E-state index in [1.807, 2.05) is 84.4 Å². The topological polar surface area (TPSA) is 93.7 Å². The molecule has 0 unspecified atom stereocenters. The van der Waals surface area contributed by atoms with E-state index in [2.05, 4.69) is 149 Å². The highest BCUT2D eigenvalue weighted by Gasteiger charge is 2.18. The average Bonchev–Trinajstić information content (AvgIpc) is 4.05. The SMILES string of the molecule is c1cncc(N(c2ccc(-n3nc4ccccc4n3)cc2)c2ccc3cc4c(cc3c2)sc2cc(N(c3ccc(-n5nc6ccccc6n5)cc3)c3cccnc3)ccc24)c1. The Hall–Kier alpha value is -8.28. The Morgan fingerprint density at radius 1 is 0.361 bits per heavy atom. The molecule has 0 spiro atoms. The Morgan fingerprint density at radius 3 is 1.34 bits per heavy atom. The molecule has 11 heteroatoms. The maximum atomic E-state index is 4.68. The van der Waals surface area contributed by atoms with Gasteiger partial charge in [-0.2, -0.15) is 9.59 Å². The van der Waals surface area contributed by atoms with Crippen molar-refractivity contribution in [1.29, 1.82) is 0 Å². The van der Waals surface area contributed by atoms with Crippen LogP contribution in [0.5, 0.6) is 0 Å². The van der Waals surface area contributed by atoms with Crippen molar-refractivity contribution in [2.24, 2.45) is 0 Å². The molecule has 0 amide bonds. The highest BCUT2D eigenvalue weighted by Crippen LogP contribution is 2.43. The van der Waals surface area contributed by atoms with Gasteiger partial charge in [-0.15, -0.1) is 31.7 Å². The van der Waals surface area contributed by atoms with Crippen molar-refractivity contribution in [3.63, 3.8) is 0 Å². The minimum atomic E-state index is 0.861. The van der Waals surface area contributed by atoms with Gasteiger partial charge in [-0.3, -0.25) is 9.97 Å². The number of pyridine rings is 2. The molecule has 0 atom stereocenters. The van der Waals surface area contributed by atoms with Crippen LogP contribution in [0.4, 0.5) is 34.1 Å². The Kier molecular flexibility index (Phi) is 8.10. The summed E-state index contributed by atoms with van der Waals surface area (Å²) < 4.78 is 2.43. The molecule has 0 saturated heterocycles. The highest BCUT2D eigenvalue weighted by atomic mass is 32.1. The normalized spacial score (nSPS) is 11.6. The smallest absolute Gasteiger partial charge is 0.113 e. The Bertz CT molecular complexity index is 3310. The minimum absolute atomic E-state index is 0.861. The summed E-state index contributed by atoms with van der Waals surface area (Å²) >= 11 is 1.81. The third kappa shape index (κ3) is 6.19. The van der Waals surface area contributed by atoms with E-state index in [0.717, 1.165) is 73.0 Å². The molecule has 0 aliphatic rings. The van der Waals surface area contributed by atoms with E-state index in [9.17, 15) is 0 Å². The van der Waals surface area contributed by atoms with Gasteiger partial charge in [0.1, 0.15) is 22.1 Å². The molecule has 12 rings (SSSR count). The van der Waals surface area contributed by atoms with Gasteiger partial charge in [0.15, 0.2) is 0 Å². The van der Waals surface area contributed by atoms with Crippen LogP contribution in [0.15, 0.2) is 195 Å². The zero-order valence-electron chi connectivity index (χ0n) is 32.4. The lowest BCUT2D eigenvalue weighted by molar-refractivity contribution is 0.765. The van der Waals surface area contributed by atoms with Crippen LogP contribution < -0.4 is 9.80 Å². The molecule has 10 nitrogen and oxygen atoms in total. The summed E-state index contributed by atoms with van der Waals surface area (Å²) in [5.74, 6) is 0. The highest BCUT2D eigenvalue weighted by molar-refractivity contribution is 7.26. The second kappa shape index (κ2) is 14.2. The van der Waals surface area contributed by atoms with Crippen molar-refractivity contribution in [1.82, 2.24) is 40.0 Å². The van der Waals surface area contributed by atoms with E-state index in [1.165, 1.54) is 25.6 Å². The minimum Gasteiger partial charge on any atom is -0.309 e. The van der Waals surface area contributed by atoms with E-state index in [1.54, 1.807) is 22.0 Å². The summed E-state index contributed by atoms with van der Waals surface area (Å²) in [6, 6.07) is 58.6. The molecule has 5 heterocycles. The molecule has 0 aliphatic heterocycles. The van der Waals surface area contributed by atoms with Crippen LogP contribution in [0.1, 0.15) is 0 Å². The molecule has 0 fully saturated rings. The lowest BCUT2D eigenvalue weighted by Gasteiger charge is -2.25. The van der Waals surface area contributed by atoms with Crippen molar-refractivity contribution in [3.05, 3.63) is 195 Å². The monoisotopic (exact) mass is 804 g/mol. The van der Waals surface area contributed by atoms with Gasteiger partial charge < -0.3 is 9.80 Å². The molecule has 0 bridgehead atoms. The molecule has 0 radical (unpaired) electrons. The first-order valence-electron chi connectivity index (χ1n) is 19.8. The predicted molar refractivity (Wildman–Crippen MR) is 247 cm³/mol. The molecule has 0 N–H and O–H groups in total. The van der Waals surface area contributed by atoms with Crippen molar-refractivity contribution < 1.29 is 0 Å². The fourth-order valence-electron chi connectivity index (χ4n) is 8.06. The summed E-state index contributed by atoms with van der Waals surface area (Å²) in [5.41, 5.74) is 11.2. The molecule has 5 aromatic heterocycles. The van der Waals surface area contributed by atoms with E-state index in [-0.39, 0.29) is 0 Å². The lowest BCUT2D eigenvalue weighted by Crippen LogP contribution is -2.10. The first-order valence-corrected chi connectivity index (χ1v) is 20.7. The molecular formula is C50H32N10S. The summed E-state index contributed by atoms with van der Waals surface area (Å²) in [7, 11) is 0. The summed E-state index contributed by atoms with van der Waals surface area (Å²) in [5, 5.41) is 23.5. The van der Waals surface area contributed by atoms with E-state index in [4.69, 9.17) is 0 Å². The van der Waals surface area contributed by atoms with Crippen LogP contribution in [0.3, 0.4) is 0 Å². The fraction of sp³-hybridized carbons (Fsp3) is 0. The van der Waals surface area contributed by atoms with Crippen molar-refractivity contribution >= 4 is 98.5 Å². The molecule has 7 aromatic carbocycles. The summed E-state index contributed by atoms with van der Waals surface area (Å²) in [4.78, 5) is 16.8. The van der Waals surface area contributed by atoms with Crippen molar-refractivity contribution in [3.8, 4) is 11.4 Å². The zero-order valence-corrected chi connectivity index (χ0v) is 33.2. The van der Waals surface area contributed by atoms with Gasteiger partial charge in [0.25, 0.3) is 0 Å². The van der Waals surface area contributed by atoms with Crippen molar-refractivity contribution in [2.75, 3.05) is 9.80 Å². The number of rotatable bonds is 8. The van der Waals surface area contributed by atoms with Gasteiger partial charge in [0.2, 0.25) is 0 Å². The van der Waals surface area contributed by atoms with E-state index < -0.39 is 0 Å². The standard InChI is InChI=1S/C50H32N10S/c1-2-10-46-45(9-1)53-59(54-46)37-19-15-35(16-20-37)57(41-7-5-25-51-31-41)39-14-13-33-28-44-43-24-23-40(30-50(43)61-49(44)29-34(33)27-39)58(42-8-6-26-52-32-42)36-17-21-38(22-18-36)60-55-47-11-3-4-12-48(47)56-60/h1-32H. The summed E-state index contributed by atoms with van der Waals surface area (Å²) in [6.07, 6.45) is 7.40. The van der Waals surface area contributed by atoms with Gasteiger partial charge in [-0.1, -0.05) is 36.4 Å². The number of fused-ring (bicyclic) bond motifs is 6. The van der Waals surface area contributed by atoms with Gasteiger partial charge in [0.05, 0.1) is 35.1 Å². The first-order chi connectivity index (χ1) is 30.2. The third-order valence-corrected chi connectivity index (χ3v) is 12.1. The largest absolute Gasteiger partial charge is 0.309 e. The number of benzene rings is 7. The van der Waals surface area contributed by atoms with Crippen LogP contribution in [-0.4, -0.2) is 40.0 Å². The Balaban J connectivity index is 0.903. The third-order valence-electron chi connectivity index (χ3n) is 11.0. The maximum absolute atomic E-state index is 4.68. The van der Waals surface area contributed by atoms with E-state index in [0.29, 0.717) is 0 Å². The Morgan fingerprint density at radius 2 is 0.836 bits per heavy atom. The molecule has 0 aliphatic carbocycles. The molecule has 12 aromatic rings. The van der Waals surface area contributed by atoms with Crippen LogP contribution in [-0.2, 0) is 0 Å².